The van der Waals surface area contributed by atoms with Crippen LogP contribution in [0.1, 0.15) is 55.5 Å². The molecule has 1 fully saturated rings. The van der Waals surface area contributed by atoms with Gasteiger partial charge >= 0.3 is 0 Å². The predicted molar refractivity (Wildman–Crippen MR) is 77.1 cm³/mol. The molecule has 1 aromatic heterocycles. The highest BCUT2D eigenvalue weighted by Gasteiger charge is 2.28. The van der Waals surface area contributed by atoms with E-state index in [2.05, 4.69) is 24.5 Å². The van der Waals surface area contributed by atoms with Gasteiger partial charge in [0, 0.05) is 10.9 Å². The second-order valence-electron chi connectivity index (χ2n) is 5.07. The molecule has 96 valence electrons. The van der Waals surface area contributed by atoms with Gasteiger partial charge in [-0.05, 0) is 49.6 Å². The van der Waals surface area contributed by atoms with Gasteiger partial charge in [-0.25, -0.2) is 0 Å². The van der Waals surface area contributed by atoms with Gasteiger partial charge in [0.05, 0.1) is 5.02 Å². The minimum Gasteiger partial charge on any atom is -0.309 e. The SMILES string of the molecule is CCCNC(c1scc(C)c1Cl)C1CCCC1. The van der Waals surface area contributed by atoms with Crippen molar-refractivity contribution in [2.24, 2.45) is 5.92 Å². The largest absolute Gasteiger partial charge is 0.309 e. The molecule has 0 saturated heterocycles. The lowest BCUT2D eigenvalue weighted by Crippen LogP contribution is -2.27. The molecule has 1 aliphatic rings. The van der Waals surface area contributed by atoms with Gasteiger partial charge in [-0.1, -0.05) is 31.4 Å². The normalized spacial score (nSPS) is 18.8. The first-order valence-electron chi connectivity index (χ1n) is 6.71. The zero-order valence-corrected chi connectivity index (χ0v) is 12.3. The van der Waals surface area contributed by atoms with Crippen LogP contribution in [0.15, 0.2) is 5.38 Å². The van der Waals surface area contributed by atoms with Gasteiger partial charge < -0.3 is 5.32 Å². The molecule has 1 saturated carbocycles. The Hall–Kier alpha value is -0.0500. The van der Waals surface area contributed by atoms with Crippen LogP contribution in [0.25, 0.3) is 0 Å². The lowest BCUT2D eigenvalue weighted by Gasteiger charge is -2.24. The lowest BCUT2D eigenvalue weighted by atomic mass is 9.96. The first kappa shape index (κ1) is 13.4. The number of thiophene rings is 1. The van der Waals surface area contributed by atoms with Gasteiger partial charge in [0.2, 0.25) is 0 Å². The number of halogens is 1. The molecule has 1 aliphatic carbocycles. The summed E-state index contributed by atoms with van der Waals surface area (Å²) in [5.74, 6) is 0.789. The summed E-state index contributed by atoms with van der Waals surface area (Å²) in [6, 6.07) is 0.489. The molecule has 3 heteroatoms. The highest BCUT2D eigenvalue weighted by molar-refractivity contribution is 7.10. The van der Waals surface area contributed by atoms with Crippen molar-refractivity contribution in [3.63, 3.8) is 0 Å². The monoisotopic (exact) mass is 271 g/mol. The lowest BCUT2D eigenvalue weighted by molar-refractivity contribution is 0.373. The van der Waals surface area contributed by atoms with Gasteiger partial charge in [0.25, 0.3) is 0 Å². The van der Waals surface area contributed by atoms with Crippen LogP contribution < -0.4 is 5.32 Å². The molecule has 1 N–H and O–H groups in total. The van der Waals surface area contributed by atoms with E-state index >= 15 is 0 Å². The van der Waals surface area contributed by atoms with Crippen molar-refractivity contribution in [2.45, 2.75) is 52.0 Å². The summed E-state index contributed by atoms with van der Waals surface area (Å²) in [7, 11) is 0. The third-order valence-electron chi connectivity index (χ3n) is 3.69. The van der Waals surface area contributed by atoms with E-state index in [1.165, 1.54) is 42.5 Å². The standard InChI is InChI=1S/C14H22ClNS/c1-3-8-16-13(11-6-4-5-7-11)14-12(15)10(2)9-17-14/h9,11,13,16H,3-8H2,1-2H3. The van der Waals surface area contributed by atoms with Crippen LogP contribution in [0.2, 0.25) is 5.02 Å². The van der Waals surface area contributed by atoms with Gasteiger partial charge in [0.15, 0.2) is 0 Å². The summed E-state index contributed by atoms with van der Waals surface area (Å²) in [6.07, 6.45) is 6.67. The van der Waals surface area contributed by atoms with Crippen LogP contribution in [0.3, 0.4) is 0 Å². The van der Waals surface area contributed by atoms with Gasteiger partial charge in [-0.2, -0.15) is 0 Å². The first-order valence-corrected chi connectivity index (χ1v) is 7.96. The van der Waals surface area contributed by atoms with E-state index < -0.39 is 0 Å². The Morgan fingerprint density at radius 2 is 2.18 bits per heavy atom. The van der Waals surface area contributed by atoms with Crippen LogP contribution in [0, 0.1) is 12.8 Å². The molecule has 0 aliphatic heterocycles. The van der Waals surface area contributed by atoms with Gasteiger partial charge in [-0.3, -0.25) is 0 Å². The van der Waals surface area contributed by atoms with Crippen LogP contribution >= 0.6 is 22.9 Å². The maximum Gasteiger partial charge on any atom is 0.0590 e. The minimum absolute atomic E-state index is 0.489. The third kappa shape index (κ3) is 3.04. The third-order valence-corrected chi connectivity index (χ3v) is 5.49. The number of nitrogens with one attached hydrogen (secondary N) is 1. The number of rotatable bonds is 5. The summed E-state index contributed by atoms with van der Waals surface area (Å²) in [6.45, 7) is 5.42. The van der Waals surface area contributed by atoms with E-state index in [0.29, 0.717) is 6.04 Å². The summed E-state index contributed by atoms with van der Waals surface area (Å²) >= 11 is 8.26. The average molecular weight is 272 g/mol. The maximum absolute atomic E-state index is 6.43. The molecule has 0 spiro atoms. The van der Waals surface area contributed by atoms with E-state index in [1.54, 1.807) is 0 Å². The second kappa shape index (κ2) is 6.21. The maximum atomic E-state index is 6.43. The molecular weight excluding hydrogens is 250 g/mol. The number of hydrogen-bond donors (Lipinski definition) is 1. The quantitative estimate of drug-likeness (QED) is 0.800. The Labute approximate surface area is 114 Å². The fraction of sp³-hybridized carbons (Fsp3) is 0.714. The van der Waals surface area contributed by atoms with E-state index in [1.807, 2.05) is 11.3 Å². The van der Waals surface area contributed by atoms with E-state index in [-0.39, 0.29) is 0 Å². The summed E-state index contributed by atoms with van der Waals surface area (Å²) < 4.78 is 0. The van der Waals surface area contributed by atoms with Crippen LogP contribution in [0.5, 0.6) is 0 Å². The number of aryl methyl sites for hydroxylation is 1. The summed E-state index contributed by atoms with van der Waals surface area (Å²) in [5.41, 5.74) is 1.23. The van der Waals surface area contributed by atoms with Gasteiger partial charge in [0.1, 0.15) is 0 Å². The van der Waals surface area contributed by atoms with E-state index in [4.69, 9.17) is 11.6 Å². The molecule has 1 nitrogen and oxygen atoms in total. The second-order valence-corrected chi connectivity index (χ2v) is 6.36. The van der Waals surface area contributed by atoms with Crippen molar-refractivity contribution in [2.75, 3.05) is 6.54 Å². The number of hydrogen-bond acceptors (Lipinski definition) is 2. The van der Waals surface area contributed by atoms with Crippen molar-refractivity contribution in [1.29, 1.82) is 0 Å². The molecular formula is C14H22ClNS. The average Bonchev–Trinajstić information content (AvgIpc) is 2.94. The highest BCUT2D eigenvalue weighted by Crippen LogP contribution is 2.41. The van der Waals surface area contributed by atoms with Crippen molar-refractivity contribution in [3.8, 4) is 0 Å². The molecule has 17 heavy (non-hydrogen) atoms. The zero-order chi connectivity index (χ0) is 12.3. The van der Waals surface area contributed by atoms with E-state index in [0.717, 1.165) is 17.5 Å². The predicted octanol–water partition coefficient (Wildman–Crippen LogP) is 4.94. The topological polar surface area (TPSA) is 12.0 Å². The fourth-order valence-electron chi connectivity index (χ4n) is 2.72. The molecule has 0 aromatic carbocycles. The first-order chi connectivity index (χ1) is 8.24. The Balaban J connectivity index is 2.16. The molecule has 1 heterocycles. The van der Waals surface area contributed by atoms with Crippen LogP contribution in [-0.4, -0.2) is 6.54 Å². The zero-order valence-electron chi connectivity index (χ0n) is 10.8. The Bertz CT molecular complexity index is 355. The van der Waals surface area contributed by atoms with Crippen molar-refractivity contribution in [3.05, 3.63) is 20.8 Å². The Kier molecular flexibility index (Phi) is 4.89. The molecule has 0 amide bonds. The Morgan fingerprint density at radius 1 is 1.47 bits per heavy atom. The van der Waals surface area contributed by atoms with Crippen LogP contribution in [-0.2, 0) is 0 Å². The molecule has 1 aromatic rings. The summed E-state index contributed by atoms with van der Waals surface area (Å²) in [4.78, 5) is 1.37. The van der Waals surface area contributed by atoms with E-state index in [9.17, 15) is 0 Å². The summed E-state index contributed by atoms with van der Waals surface area (Å²) in [5, 5.41) is 6.89. The molecule has 1 unspecified atom stereocenters. The molecule has 0 radical (unpaired) electrons. The fourth-order valence-corrected chi connectivity index (χ4v) is 4.20. The minimum atomic E-state index is 0.489. The van der Waals surface area contributed by atoms with Crippen molar-refractivity contribution < 1.29 is 0 Å². The molecule has 2 rings (SSSR count). The van der Waals surface area contributed by atoms with Gasteiger partial charge in [-0.15, -0.1) is 11.3 Å². The molecule has 0 bridgehead atoms. The Morgan fingerprint density at radius 3 is 2.71 bits per heavy atom. The molecule has 1 atom stereocenters. The van der Waals surface area contributed by atoms with Crippen molar-refractivity contribution in [1.82, 2.24) is 5.32 Å². The van der Waals surface area contributed by atoms with Crippen molar-refractivity contribution >= 4 is 22.9 Å². The smallest absolute Gasteiger partial charge is 0.0590 e. The highest BCUT2D eigenvalue weighted by atomic mass is 35.5. The van der Waals surface area contributed by atoms with Crippen LogP contribution in [0.4, 0.5) is 0 Å².